The van der Waals surface area contributed by atoms with E-state index in [1.165, 1.54) is 6.92 Å². The maximum atomic E-state index is 12.7. The van der Waals surface area contributed by atoms with Crippen molar-refractivity contribution in [1.82, 2.24) is 16.0 Å². The van der Waals surface area contributed by atoms with E-state index in [-0.39, 0.29) is 30.9 Å². The monoisotopic (exact) mass is 463 g/mol. The number of amides is 4. The Hall–Kier alpha value is -2.38. The molecule has 178 valence electrons. The Morgan fingerprint density at radius 2 is 1.48 bits per heavy atom. The van der Waals surface area contributed by atoms with Crippen LogP contribution in [0.1, 0.15) is 40.0 Å². The van der Waals surface area contributed by atoms with Gasteiger partial charge in [0.15, 0.2) is 0 Å². The van der Waals surface area contributed by atoms with Crippen LogP contribution in [0.25, 0.3) is 0 Å². The molecule has 0 heterocycles. The van der Waals surface area contributed by atoms with E-state index in [4.69, 9.17) is 11.5 Å². The number of primary amides is 1. The molecule has 0 saturated heterocycles. The number of nitrogens with two attached hydrogens (primary N) is 2. The molecular weight excluding hydrogens is 430 g/mol. The summed E-state index contributed by atoms with van der Waals surface area (Å²) >= 11 is 3.90. The molecule has 4 amide bonds. The number of carboxylic acids is 1. The van der Waals surface area contributed by atoms with Gasteiger partial charge in [0.1, 0.15) is 18.1 Å². The van der Waals surface area contributed by atoms with Gasteiger partial charge in [-0.05, 0) is 25.7 Å². The summed E-state index contributed by atoms with van der Waals surface area (Å²) < 4.78 is 0. The molecule has 0 saturated carbocycles. The van der Waals surface area contributed by atoms with Crippen molar-refractivity contribution in [2.24, 2.45) is 17.4 Å². The third-order valence-corrected chi connectivity index (χ3v) is 4.62. The van der Waals surface area contributed by atoms with E-state index in [0.29, 0.717) is 0 Å². The van der Waals surface area contributed by atoms with Crippen molar-refractivity contribution in [3.05, 3.63) is 0 Å². The average Bonchev–Trinajstić information content (AvgIpc) is 2.66. The second-order valence-corrected chi connectivity index (χ2v) is 7.98. The summed E-state index contributed by atoms with van der Waals surface area (Å²) in [6, 6.07) is -4.94. The minimum atomic E-state index is -1.40. The quantitative estimate of drug-likeness (QED) is 0.128. The van der Waals surface area contributed by atoms with Crippen LogP contribution in [-0.4, -0.2) is 75.8 Å². The third-order valence-electron chi connectivity index (χ3n) is 4.23. The summed E-state index contributed by atoms with van der Waals surface area (Å²) in [7, 11) is 0. The van der Waals surface area contributed by atoms with Crippen molar-refractivity contribution in [1.29, 1.82) is 0 Å². The Bertz CT molecular complexity index is 659. The predicted octanol–water partition coefficient (Wildman–Crippen LogP) is -2.53. The lowest BCUT2D eigenvalue weighted by Gasteiger charge is -2.27. The smallest absolute Gasteiger partial charge is 0.326 e. The Morgan fingerprint density at radius 1 is 0.935 bits per heavy atom. The summed E-state index contributed by atoms with van der Waals surface area (Å²) in [5.74, 6) is -4.48. The van der Waals surface area contributed by atoms with E-state index in [9.17, 15) is 34.2 Å². The highest BCUT2D eigenvalue weighted by molar-refractivity contribution is 7.80. The van der Waals surface area contributed by atoms with Gasteiger partial charge in [-0.3, -0.25) is 19.2 Å². The van der Waals surface area contributed by atoms with Gasteiger partial charge in [0, 0.05) is 12.2 Å². The zero-order chi connectivity index (χ0) is 24.3. The predicted molar refractivity (Wildman–Crippen MR) is 115 cm³/mol. The molecule has 0 aliphatic heterocycles. The first kappa shape index (κ1) is 28.6. The average molecular weight is 464 g/mol. The van der Waals surface area contributed by atoms with Crippen molar-refractivity contribution in [3.63, 3.8) is 0 Å². The molecule has 5 atom stereocenters. The third kappa shape index (κ3) is 11.0. The normalized spacial score (nSPS) is 15.8. The molecule has 0 aromatic carbocycles. The number of carbonyl (C=O) groups is 5. The Kier molecular flexibility index (Phi) is 12.8. The molecule has 0 rings (SSSR count). The molecule has 0 aromatic heterocycles. The fourth-order valence-electron chi connectivity index (χ4n) is 2.53. The number of aliphatic hydroxyl groups is 1. The summed E-state index contributed by atoms with van der Waals surface area (Å²) in [6.45, 7) is 4.85. The van der Waals surface area contributed by atoms with E-state index in [2.05, 4.69) is 28.6 Å². The zero-order valence-electron chi connectivity index (χ0n) is 17.8. The molecule has 0 radical (unpaired) electrons. The van der Waals surface area contributed by atoms with E-state index >= 15 is 0 Å². The number of rotatable bonds is 14. The largest absolute Gasteiger partial charge is 0.480 e. The maximum absolute atomic E-state index is 12.7. The van der Waals surface area contributed by atoms with Crippen molar-refractivity contribution < 1.29 is 34.2 Å². The summed E-state index contributed by atoms with van der Waals surface area (Å²) in [6.07, 6.45) is -1.62. The molecule has 0 aromatic rings. The van der Waals surface area contributed by atoms with Crippen LogP contribution in [0.2, 0.25) is 0 Å². The van der Waals surface area contributed by atoms with E-state index in [1.54, 1.807) is 13.8 Å². The lowest BCUT2D eigenvalue weighted by Crippen LogP contribution is -2.60. The van der Waals surface area contributed by atoms with E-state index in [0.717, 1.165) is 0 Å². The Balaban J connectivity index is 5.40. The first-order chi connectivity index (χ1) is 14.3. The van der Waals surface area contributed by atoms with Crippen molar-refractivity contribution in [3.8, 4) is 0 Å². The molecule has 9 N–H and O–H groups in total. The molecule has 13 heteroatoms. The number of aliphatic hydroxyl groups excluding tert-OH is 1. The van der Waals surface area contributed by atoms with Gasteiger partial charge >= 0.3 is 5.97 Å². The molecule has 5 unspecified atom stereocenters. The van der Waals surface area contributed by atoms with Crippen LogP contribution in [0, 0.1) is 5.92 Å². The molecule has 12 nitrogen and oxygen atoms in total. The van der Waals surface area contributed by atoms with Crippen LogP contribution >= 0.6 is 12.6 Å². The summed E-state index contributed by atoms with van der Waals surface area (Å²) in [4.78, 5) is 59.6. The van der Waals surface area contributed by atoms with Crippen molar-refractivity contribution in [2.45, 2.75) is 70.3 Å². The van der Waals surface area contributed by atoms with Crippen LogP contribution in [0.4, 0.5) is 0 Å². The minimum absolute atomic E-state index is 0.0141. The molecule has 31 heavy (non-hydrogen) atoms. The number of thiol groups is 1. The molecular formula is C18H33N5O7S. The van der Waals surface area contributed by atoms with Gasteiger partial charge in [0.25, 0.3) is 0 Å². The van der Waals surface area contributed by atoms with Crippen molar-refractivity contribution >= 4 is 42.2 Å². The first-order valence-electron chi connectivity index (χ1n) is 9.76. The van der Waals surface area contributed by atoms with Crippen LogP contribution in [0.5, 0.6) is 0 Å². The van der Waals surface area contributed by atoms with Gasteiger partial charge in [-0.2, -0.15) is 12.6 Å². The number of aliphatic carboxylic acids is 1. The van der Waals surface area contributed by atoms with Crippen molar-refractivity contribution in [2.75, 3.05) is 5.75 Å². The van der Waals surface area contributed by atoms with Gasteiger partial charge in [0.05, 0.1) is 12.1 Å². The van der Waals surface area contributed by atoms with E-state index in [1.807, 2.05) is 0 Å². The highest BCUT2D eigenvalue weighted by atomic mass is 32.1. The van der Waals surface area contributed by atoms with Crippen LogP contribution in [0.15, 0.2) is 0 Å². The molecule has 0 bridgehead atoms. The number of hydrogen-bond acceptors (Lipinski definition) is 8. The van der Waals surface area contributed by atoms with Gasteiger partial charge in [-0.15, -0.1) is 0 Å². The fraction of sp³-hybridized carbons (Fsp3) is 0.722. The second kappa shape index (κ2) is 13.8. The molecule has 0 spiro atoms. The van der Waals surface area contributed by atoms with E-state index < -0.39 is 59.9 Å². The van der Waals surface area contributed by atoms with Gasteiger partial charge in [-0.1, -0.05) is 13.8 Å². The highest BCUT2D eigenvalue weighted by Crippen LogP contribution is 2.08. The van der Waals surface area contributed by atoms with Crippen LogP contribution < -0.4 is 27.4 Å². The summed E-state index contributed by atoms with van der Waals surface area (Å²) in [5.41, 5.74) is 10.6. The standard InChI is InChI=1S/C18H33N5O7S/c1-8(2)6-12(16(27)21-11(18(29)30)4-5-13(20)25)22-17(28)14(9(3)24)23-15(26)10(19)7-31/h8-12,14,24,31H,4-7,19H2,1-3H3,(H2,20,25)(H,21,27)(H,22,28)(H,23,26)(H,29,30). The molecule has 0 aliphatic carbocycles. The van der Waals surface area contributed by atoms with Gasteiger partial charge < -0.3 is 37.6 Å². The SMILES string of the molecule is CC(C)CC(NC(=O)C(NC(=O)C(N)CS)C(C)O)C(=O)NC(CCC(N)=O)C(=O)O. The molecule has 0 fully saturated rings. The maximum Gasteiger partial charge on any atom is 0.326 e. The zero-order valence-corrected chi connectivity index (χ0v) is 18.7. The van der Waals surface area contributed by atoms with Gasteiger partial charge in [-0.25, -0.2) is 4.79 Å². The lowest BCUT2D eigenvalue weighted by atomic mass is 10.0. The van der Waals surface area contributed by atoms with Crippen LogP contribution in [0.3, 0.4) is 0 Å². The van der Waals surface area contributed by atoms with Crippen LogP contribution in [-0.2, 0) is 24.0 Å². The fourth-order valence-corrected chi connectivity index (χ4v) is 2.69. The molecule has 0 aliphatic rings. The minimum Gasteiger partial charge on any atom is -0.480 e. The number of hydrogen-bond donors (Lipinski definition) is 8. The van der Waals surface area contributed by atoms with Gasteiger partial charge in [0.2, 0.25) is 23.6 Å². The number of carbonyl (C=O) groups excluding carboxylic acids is 4. The first-order valence-corrected chi connectivity index (χ1v) is 10.4. The Labute approximate surface area is 186 Å². The Morgan fingerprint density at radius 3 is 1.90 bits per heavy atom. The second-order valence-electron chi connectivity index (χ2n) is 7.61. The highest BCUT2D eigenvalue weighted by Gasteiger charge is 2.32. The summed E-state index contributed by atoms with van der Waals surface area (Å²) in [5, 5.41) is 26.2. The topological polar surface area (TPSA) is 214 Å². The lowest BCUT2D eigenvalue weighted by molar-refractivity contribution is -0.142. The number of nitrogens with one attached hydrogen (secondary N) is 3. The number of carboxylic acid groups (broad SMARTS) is 1.